The van der Waals surface area contributed by atoms with Gasteiger partial charge in [-0.3, -0.25) is 0 Å². The molecule has 2 rings (SSSR count). The van der Waals surface area contributed by atoms with E-state index < -0.39 is 0 Å². The van der Waals surface area contributed by atoms with E-state index in [2.05, 4.69) is 19.9 Å². The highest BCUT2D eigenvalue weighted by atomic mass is 35.5. The summed E-state index contributed by atoms with van der Waals surface area (Å²) in [5.74, 6) is 1.42. The van der Waals surface area contributed by atoms with E-state index >= 15 is 0 Å². The van der Waals surface area contributed by atoms with Gasteiger partial charge in [-0.25, -0.2) is 0 Å². The molecule has 0 unspecified atom stereocenters. The lowest BCUT2D eigenvalue weighted by atomic mass is 10.1. The second-order valence-electron chi connectivity index (χ2n) is 3.83. The molecule has 0 aliphatic rings. The van der Waals surface area contributed by atoms with E-state index in [1.165, 1.54) is 15.0 Å². The average molecular weight is 241 g/mol. The van der Waals surface area contributed by atoms with Gasteiger partial charge in [-0.15, -0.1) is 11.3 Å². The number of rotatable bonds is 2. The van der Waals surface area contributed by atoms with Gasteiger partial charge in [-0.05, 0) is 23.4 Å². The van der Waals surface area contributed by atoms with E-state index in [0.717, 1.165) is 10.8 Å². The summed E-state index contributed by atoms with van der Waals surface area (Å²) in [5.41, 5.74) is 0. The van der Waals surface area contributed by atoms with Gasteiger partial charge in [0.2, 0.25) is 0 Å². The van der Waals surface area contributed by atoms with Crippen LogP contribution < -0.4 is 4.74 Å². The Morgan fingerprint density at radius 3 is 2.60 bits per heavy atom. The van der Waals surface area contributed by atoms with E-state index in [9.17, 15) is 0 Å². The van der Waals surface area contributed by atoms with Crippen LogP contribution in [0.2, 0.25) is 5.02 Å². The highest BCUT2D eigenvalue weighted by Crippen LogP contribution is 2.38. The van der Waals surface area contributed by atoms with Crippen LogP contribution in [-0.4, -0.2) is 7.11 Å². The summed E-state index contributed by atoms with van der Waals surface area (Å²) in [5, 5.41) is 1.90. The minimum absolute atomic E-state index is 0.547. The van der Waals surface area contributed by atoms with Gasteiger partial charge in [-0.2, -0.15) is 0 Å². The van der Waals surface area contributed by atoms with Gasteiger partial charge in [0.15, 0.2) is 0 Å². The normalized spacial score (nSPS) is 11.3. The number of methoxy groups -OCH3 is 1. The lowest BCUT2D eigenvalue weighted by Gasteiger charge is -2.01. The lowest BCUT2D eigenvalue weighted by molar-refractivity contribution is 0.420. The number of benzene rings is 1. The third-order valence-electron chi connectivity index (χ3n) is 2.35. The van der Waals surface area contributed by atoms with Gasteiger partial charge in [0.05, 0.1) is 11.8 Å². The van der Waals surface area contributed by atoms with Gasteiger partial charge in [0.1, 0.15) is 5.75 Å². The highest BCUT2D eigenvalue weighted by Gasteiger charge is 2.10. The van der Waals surface area contributed by atoms with Crippen molar-refractivity contribution in [2.75, 3.05) is 7.11 Å². The molecule has 0 bridgehead atoms. The molecule has 0 saturated carbocycles. The summed E-state index contributed by atoms with van der Waals surface area (Å²) >= 11 is 7.80. The molecular formula is C12H13ClOS. The first kappa shape index (κ1) is 10.8. The SMILES string of the molecule is COc1cc(Cl)cc2cc(C(C)C)sc12. The van der Waals surface area contributed by atoms with Crippen LogP contribution in [-0.2, 0) is 0 Å². The summed E-state index contributed by atoms with van der Waals surface area (Å²) in [4.78, 5) is 1.37. The van der Waals surface area contributed by atoms with Crippen molar-refractivity contribution in [3.05, 3.63) is 28.1 Å². The summed E-state index contributed by atoms with van der Waals surface area (Å²) < 4.78 is 6.51. The highest BCUT2D eigenvalue weighted by molar-refractivity contribution is 7.19. The van der Waals surface area contributed by atoms with Crippen LogP contribution in [0.25, 0.3) is 10.1 Å². The van der Waals surface area contributed by atoms with Crippen molar-refractivity contribution >= 4 is 33.0 Å². The van der Waals surface area contributed by atoms with E-state index in [4.69, 9.17) is 16.3 Å². The molecule has 0 aliphatic carbocycles. The Morgan fingerprint density at radius 1 is 1.27 bits per heavy atom. The molecule has 0 amide bonds. The fourth-order valence-electron chi connectivity index (χ4n) is 1.54. The molecule has 0 spiro atoms. The fraction of sp³-hybridized carbons (Fsp3) is 0.333. The molecule has 0 radical (unpaired) electrons. The van der Waals surface area contributed by atoms with Gasteiger partial charge < -0.3 is 4.74 Å². The molecule has 3 heteroatoms. The smallest absolute Gasteiger partial charge is 0.138 e. The summed E-state index contributed by atoms with van der Waals surface area (Å²) in [7, 11) is 1.68. The van der Waals surface area contributed by atoms with E-state index in [1.54, 1.807) is 18.4 Å². The molecule has 0 aliphatic heterocycles. The van der Waals surface area contributed by atoms with Crippen molar-refractivity contribution in [3.8, 4) is 5.75 Å². The second-order valence-corrected chi connectivity index (χ2v) is 5.35. The molecule has 0 fully saturated rings. The minimum atomic E-state index is 0.547. The van der Waals surface area contributed by atoms with Crippen LogP contribution in [0.1, 0.15) is 24.6 Å². The predicted octanol–water partition coefficient (Wildman–Crippen LogP) is 4.69. The first-order valence-electron chi connectivity index (χ1n) is 4.89. The van der Waals surface area contributed by atoms with Crippen LogP contribution in [0.5, 0.6) is 5.75 Å². The Bertz CT molecular complexity index is 488. The Labute approximate surface area is 98.6 Å². The minimum Gasteiger partial charge on any atom is -0.495 e. The Kier molecular flexibility index (Phi) is 2.89. The molecule has 1 aromatic carbocycles. The maximum absolute atomic E-state index is 6.02. The first-order valence-corrected chi connectivity index (χ1v) is 6.08. The van der Waals surface area contributed by atoms with Crippen molar-refractivity contribution in [2.24, 2.45) is 0 Å². The monoisotopic (exact) mass is 240 g/mol. The van der Waals surface area contributed by atoms with Crippen molar-refractivity contribution in [1.29, 1.82) is 0 Å². The summed E-state index contributed by atoms with van der Waals surface area (Å²) in [6.07, 6.45) is 0. The zero-order valence-corrected chi connectivity index (χ0v) is 10.6. The number of thiophene rings is 1. The Hall–Kier alpha value is -0.730. The molecule has 0 atom stereocenters. The fourth-order valence-corrected chi connectivity index (χ4v) is 2.89. The Balaban J connectivity index is 2.68. The van der Waals surface area contributed by atoms with Gasteiger partial charge in [0.25, 0.3) is 0 Å². The van der Waals surface area contributed by atoms with Crippen LogP contribution in [0.4, 0.5) is 0 Å². The molecule has 80 valence electrons. The molecular weight excluding hydrogens is 228 g/mol. The standard InChI is InChI=1S/C12H13ClOS/c1-7(2)11-5-8-4-9(13)6-10(14-3)12(8)15-11/h4-7H,1-3H3. The van der Waals surface area contributed by atoms with Crippen molar-refractivity contribution < 1.29 is 4.74 Å². The van der Waals surface area contributed by atoms with Crippen LogP contribution in [0.3, 0.4) is 0 Å². The van der Waals surface area contributed by atoms with E-state index in [1.807, 2.05) is 12.1 Å². The van der Waals surface area contributed by atoms with Gasteiger partial charge >= 0.3 is 0 Å². The number of hydrogen-bond acceptors (Lipinski definition) is 2. The quantitative estimate of drug-likeness (QED) is 0.740. The second kappa shape index (κ2) is 4.03. The number of ether oxygens (including phenoxy) is 1. The van der Waals surface area contributed by atoms with Crippen LogP contribution >= 0.6 is 22.9 Å². The van der Waals surface area contributed by atoms with Crippen molar-refractivity contribution in [1.82, 2.24) is 0 Å². The summed E-state index contributed by atoms with van der Waals surface area (Å²) in [6.45, 7) is 4.39. The predicted molar refractivity (Wildman–Crippen MR) is 67.5 cm³/mol. The lowest BCUT2D eigenvalue weighted by Crippen LogP contribution is -1.81. The molecule has 2 aromatic rings. The average Bonchev–Trinajstić information content (AvgIpc) is 2.59. The summed E-state index contributed by atoms with van der Waals surface area (Å²) in [6, 6.07) is 6.05. The van der Waals surface area contributed by atoms with Crippen LogP contribution in [0.15, 0.2) is 18.2 Å². The maximum atomic E-state index is 6.02. The molecule has 0 saturated heterocycles. The van der Waals surface area contributed by atoms with Gasteiger partial charge in [-0.1, -0.05) is 25.4 Å². The Morgan fingerprint density at radius 2 is 2.00 bits per heavy atom. The number of fused-ring (bicyclic) bond motifs is 1. The molecule has 1 aromatic heterocycles. The van der Waals surface area contributed by atoms with Crippen molar-refractivity contribution in [3.63, 3.8) is 0 Å². The third-order valence-corrected chi connectivity index (χ3v) is 4.04. The molecule has 15 heavy (non-hydrogen) atoms. The molecule has 1 nitrogen and oxygen atoms in total. The van der Waals surface area contributed by atoms with Crippen molar-refractivity contribution in [2.45, 2.75) is 19.8 Å². The zero-order valence-electron chi connectivity index (χ0n) is 9.00. The number of halogens is 1. The third kappa shape index (κ3) is 1.97. The van der Waals surface area contributed by atoms with E-state index in [-0.39, 0.29) is 0 Å². The van der Waals surface area contributed by atoms with E-state index in [0.29, 0.717) is 5.92 Å². The maximum Gasteiger partial charge on any atom is 0.138 e. The molecule has 1 heterocycles. The van der Waals surface area contributed by atoms with Gasteiger partial charge in [0, 0.05) is 16.0 Å². The number of hydrogen-bond donors (Lipinski definition) is 0. The zero-order chi connectivity index (χ0) is 11.0. The molecule has 0 N–H and O–H groups in total. The largest absolute Gasteiger partial charge is 0.495 e. The topological polar surface area (TPSA) is 9.23 Å². The first-order chi connectivity index (χ1) is 7.11. The van der Waals surface area contributed by atoms with Crippen LogP contribution in [0, 0.1) is 0 Å².